The Hall–Kier alpha value is -0.650. The van der Waals surface area contributed by atoms with Gasteiger partial charge in [0.05, 0.1) is 6.61 Å². The van der Waals surface area contributed by atoms with E-state index < -0.39 is 0 Å². The normalized spacial score (nSPS) is 26.9. The van der Waals surface area contributed by atoms with Gasteiger partial charge in [0.15, 0.2) is 0 Å². The molecule has 0 unspecified atom stereocenters. The van der Waals surface area contributed by atoms with Crippen molar-refractivity contribution in [1.82, 2.24) is 9.80 Å². The fourth-order valence-corrected chi connectivity index (χ4v) is 3.28. The van der Waals surface area contributed by atoms with Crippen molar-refractivity contribution in [3.05, 3.63) is 24.0 Å². The van der Waals surface area contributed by atoms with E-state index in [-0.39, 0.29) is 17.2 Å². The zero-order valence-electron chi connectivity index (χ0n) is 13.1. The lowest BCUT2D eigenvalue weighted by Gasteiger charge is -2.37. The van der Waals surface area contributed by atoms with Crippen molar-refractivity contribution >= 4 is 11.8 Å². The standard InChI is InChI=1S/C15H26N2O2S/c1-15(2,3)16(4)12-6-8-17(9-7-12)13-11-20-14(19-13)10-18-5/h6-8,13-14H,9-11H2,1-5H3/t13-,14+/m1/s1. The summed E-state index contributed by atoms with van der Waals surface area (Å²) in [4.78, 5) is 4.56. The lowest BCUT2D eigenvalue weighted by atomic mass is 10.1. The van der Waals surface area contributed by atoms with E-state index >= 15 is 0 Å². The maximum atomic E-state index is 5.97. The number of ether oxygens (including phenoxy) is 2. The van der Waals surface area contributed by atoms with E-state index in [1.54, 1.807) is 7.11 Å². The molecule has 114 valence electrons. The van der Waals surface area contributed by atoms with Gasteiger partial charge in [0, 0.05) is 43.9 Å². The first kappa shape index (κ1) is 15.7. The molecule has 4 nitrogen and oxygen atoms in total. The number of rotatable bonds is 4. The summed E-state index contributed by atoms with van der Waals surface area (Å²) in [5.74, 6) is 0.997. The Bertz CT molecular complexity index is 390. The fraction of sp³-hybridized carbons (Fsp3) is 0.733. The highest BCUT2D eigenvalue weighted by Crippen LogP contribution is 2.29. The number of methoxy groups -OCH3 is 1. The summed E-state index contributed by atoms with van der Waals surface area (Å²) < 4.78 is 11.1. The van der Waals surface area contributed by atoms with Crippen LogP contribution in [0.2, 0.25) is 0 Å². The lowest BCUT2D eigenvalue weighted by molar-refractivity contribution is -0.0389. The quantitative estimate of drug-likeness (QED) is 0.794. The molecule has 5 heteroatoms. The number of thioether (sulfide) groups is 1. The molecule has 0 radical (unpaired) electrons. The maximum Gasteiger partial charge on any atom is 0.140 e. The SMILES string of the molecule is COC[C@H]1O[C@@H](N2C=CC(N(C)C(C)(C)C)=CC2)CS1. The average molecular weight is 298 g/mol. The van der Waals surface area contributed by atoms with Crippen molar-refractivity contribution in [3.63, 3.8) is 0 Å². The van der Waals surface area contributed by atoms with Gasteiger partial charge in [-0.3, -0.25) is 0 Å². The molecule has 0 spiro atoms. The summed E-state index contributed by atoms with van der Waals surface area (Å²) in [6, 6.07) is 0. The molecule has 0 amide bonds. The van der Waals surface area contributed by atoms with Crippen molar-refractivity contribution in [2.75, 3.05) is 33.1 Å². The van der Waals surface area contributed by atoms with Crippen molar-refractivity contribution in [1.29, 1.82) is 0 Å². The first-order valence-electron chi connectivity index (χ1n) is 7.06. The van der Waals surface area contributed by atoms with Crippen LogP contribution in [0.25, 0.3) is 0 Å². The van der Waals surface area contributed by atoms with Crippen molar-refractivity contribution in [2.45, 2.75) is 38.0 Å². The Labute approximate surface area is 126 Å². The predicted octanol–water partition coefficient (Wildman–Crippen LogP) is 2.49. The van der Waals surface area contributed by atoms with Gasteiger partial charge in [0.25, 0.3) is 0 Å². The number of hydrogen-bond acceptors (Lipinski definition) is 5. The number of allylic oxidation sites excluding steroid dienone is 1. The fourth-order valence-electron chi connectivity index (χ4n) is 2.19. The van der Waals surface area contributed by atoms with Gasteiger partial charge >= 0.3 is 0 Å². The predicted molar refractivity (Wildman–Crippen MR) is 84.4 cm³/mol. The van der Waals surface area contributed by atoms with Crippen LogP contribution in [0, 0.1) is 0 Å². The van der Waals surface area contributed by atoms with Gasteiger partial charge in [0.2, 0.25) is 0 Å². The van der Waals surface area contributed by atoms with Gasteiger partial charge in [-0.1, -0.05) is 0 Å². The molecule has 0 N–H and O–H groups in total. The third-order valence-corrected chi connectivity index (χ3v) is 4.84. The van der Waals surface area contributed by atoms with Gasteiger partial charge in [0.1, 0.15) is 11.7 Å². The van der Waals surface area contributed by atoms with Crippen LogP contribution >= 0.6 is 11.8 Å². The van der Waals surface area contributed by atoms with E-state index in [9.17, 15) is 0 Å². The van der Waals surface area contributed by atoms with Gasteiger partial charge in [-0.05, 0) is 32.9 Å². The molecule has 2 aliphatic heterocycles. The smallest absolute Gasteiger partial charge is 0.140 e. The Kier molecular flexibility index (Phi) is 5.04. The first-order valence-corrected chi connectivity index (χ1v) is 8.10. The molecule has 2 atom stereocenters. The van der Waals surface area contributed by atoms with Crippen LogP contribution in [0.15, 0.2) is 24.0 Å². The molecular formula is C15H26N2O2S. The van der Waals surface area contributed by atoms with E-state index in [4.69, 9.17) is 9.47 Å². The molecule has 0 aromatic rings. The van der Waals surface area contributed by atoms with E-state index in [0.29, 0.717) is 6.61 Å². The van der Waals surface area contributed by atoms with Crippen LogP contribution in [0.1, 0.15) is 20.8 Å². The second-order valence-electron chi connectivity index (χ2n) is 6.18. The van der Waals surface area contributed by atoms with Gasteiger partial charge in [-0.15, -0.1) is 11.8 Å². The molecule has 2 heterocycles. The lowest BCUT2D eigenvalue weighted by Crippen LogP contribution is -2.40. The average Bonchev–Trinajstić information content (AvgIpc) is 2.86. The molecule has 0 bridgehead atoms. The minimum atomic E-state index is 0.140. The van der Waals surface area contributed by atoms with Crippen molar-refractivity contribution < 1.29 is 9.47 Å². The highest BCUT2D eigenvalue weighted by Gasteiger charge is 2.30. The highest BCUT2D eigenvalue weighted by molar-refractivity contribution is 8.00. The van der Waals surface area contributed by atoms with Gasteiger partial charge in [-0.2, -0.15) is 0 Å². The monoisotopic (exact) mass is 298 g/mol. The zero-order chi connectivity index (χ0) is 14.8. The van der Waals surface area contributed by atoms with Crippen LogP contribution < -0.4 is 0 Å². The topological polar surface area (TPSA) is 24.9 Å². The molecular weight excluding hydrogens is 272 g/mol. The highest BCUT2D eigenvalue weighted by atomic mass is 32.2. The molecule has 20 heavy (non-hydrogen) atoms. The minimum absolute atomic E-state index is 0.140. The molecule has 0 saturated carbocycles. The summed E-state index contributed by atoms with van der Waals surface area (Å²) in [5.41, 5.74) is 1.58. The molecule has 2 rings (SSSR count). The summed E-state index contributed by atoms with van der Waals surface area (Å²) >= 11 is 1.83. The Balaban J connectivity index is 1.89. The second-order valence-corrected chi connectivity index (χ2v) is 7.37. The third kappa shape index (κ3) is 3.71. The number of likely N-dealkylation sites (N-methyl/N-ethyl adjacent to an activating group) is 1. The molecule has 2 aliphatic rings. The van der Waals surface area contributed by atoms with Crippen molar-refractivity contribution in [3.8, 4) is 0 Å². The Morgan fingerprint density at radius 3 is 2.80 bits per heavy atom. The second kappa shape index (κ2) is 6.41. The van der Waals surface area contributed by atoms with Gasteiger partial charge < -0.3 is 19.3 Å². The first-order chi connectivity index (χ1) is 9.41. The van der Waals surface area contributed by atoms with Gasteiger partial charge in [-0.25, -0.2) is 0 Å². The molecule has 1 fully saturated rings. The van der Waals surface area contributed by atoms with Crippen LogP contribution in [0.5, 0.6) is 0 Å². The molecule has 0 aliphatic carbocycles. The van der Waals surface area contributed by atoms with Crippen LogP contribution in [-0.4, -0.2) is 60.1 Å². The van der Waals surface area contributed by atoms with E-state index in [2.05, 4.69) is 56.0 Å². The van der Waals surface area contributed by atoms with E-state index in [0.717, 1.165) is 12.3 Å². The van der Waals surface area contributed by atoms with Crippen LogP contribution in [0.4, 0.5) is 0 Å². The summed E-state index contributed by atoms with van der Waals surface area (Å²) in [5, 5.41) is 0. The molecule has 0 aromatic heterocycles. The maximum absolute atomic E-state index is 5.97. The number of nitrogens with zero attached hydrogens (tertiary/aromatic N) is 2. The number of hydrogen-bond donors (Lipinski definition) is 0. The third-order valence-electron chi connectivity index (χ3n) is 3.75. The van der Waals surface area contributed by atoms with E-state index in [1.807, 2.05) is 11.8 Å². The van der Waals surface area contributed by atoms with Crippen LogP contribution in [-0.2, 0) is 9.47 Å². The Morgan fingerprint density at radius 2 is 2.25 bits per heavy atom. The molecule has 1 saturated heterocycles. The van der Waals surface area contributed by atoms with Crippen molar-refractivity contribution in [2.24, 2.45) is 0 Å². The minimum Gasteiger partial charge on any atom is -0.381 e. The molecule has 0 aromatic carbocycles. The van der Waals surface area contributed by atoms with Crippen LogP contribution in [0.3, 0.4) is 0 Å². The zero-order valence-corrected chi connectivity index (χ0v) is 13.9. The van der Waals surface area contributed by atoms with E-state index in [1.165, 1.54) is 5.70 Å². The largest absolute Gasteiger partial charge is 0.381 e. The summed E-state index contributed by atoms with van der Waals surface area (Å²) in [7, 11) is 3.86. The Morgan fingerprint density at radius 1 is 1.50 bits per heavy atom. The summed E-state index contributed by atoms with van der Waals surface area (Å²) in [6.07, 6.45) is 6.75. The summed E-state index contributed by atoms with van der Waals surface area (Å²) in [6.45, 7) is 8.23.